The zero-order chi connectivity index (χ0) is 17.6. The highest BCUT2D eigenvalue weighted by molar-refractivity contribution is 7.89. The molecule has 0 N–H and O–H groups in total. The Labute approximate surface area is 149 Å². The highest BCUT2D eigenvalue weighted by atomic mass is 32.2. The first-order valence-electron chi connectivity index (χ1n) is 9.06. The van der Waals surface area contributed by atoms with Crippen LogP contribution >= 0.6 is 0 Å². The van der Waals surface area contributed by atoms with Crippen LogP contribution in [0.1, 0.15) is 35.5 Å². The number of sulfonamides is 1. The lowest BCUT2D eigenvalue weighted by atomic mass is 10.1. The van der Waals surface area contributed by atoms with E-state index >= 15 is 0 Å². The van der Waals surface area contributed by atoms with Crippen molar-refractivity contribution in [3.8, 4) is 0 Å². The van der Waals surface area contributed by atoms with Crippen LogP contribution in [0.4, 0.5) is 0 Å². The van der Waals surface area contributed by atoms with Crippen LogP contribution in [0.25, 0.3) is 0 Å². The summed E-state index contributed by atoms with van der Waals surface area (Å²) in [6.45, 7) is 6.09. The van der Waals surface area contributed by atoms with Gasteiger partial charge in [-0.15, -0.1) is 0 Å². The van der Waals surface area contributed by atoms with Crippen molar-refractivity contribution < 1.29 is 8.42 Å². The van der Waals surface area contributed by atoms with Crippen LogP contribution in [0.2, 0.25) is 0 Å². The van der Waals surface area contributed by atoms with Gasteiger partial charge in [-0.1, -0.05) is 6.07 Å². The molecule has 5 nitrogen and oxygen atoms in total. The molecule has 1 aromatic heterocycles. The van der Waals surface area contributed by atoms with Gasteiger partial charge in [-0.05, 0) is 68.7 Å². The van der Waals surface area contributed by atoms with Crippen molar-refractivity contribution in [2.24, 2.45) is 5.92 Å². The molecule has 25 heavy (non-hydrogen) atoms. The van der Waals surface area contributed by atoms with Crippen molar-refractivity contribution in [1.29, 1.82) is 0 Å². The van der Waals surface area contributed by atoms with Gasteiger partial charge in [0.2, 0.25) is 10.0 Å². The zero-order valence-electron chi connectivity index (χ0n) is 14.9. The van der Waals surface area contributed by atoms with Crippen LogP contribution in [-0.4, -0.2) is 35.4 Å². The summed E-state index contributed by atoms with van der Waals surface area (Å²) in [5.74, 6) is 1.34. The minimum Gasteiger partial charge on any atom is -0.332 e. The largest absolute Gasteiger partial charge is 0.332 e. The molecule has 0 bridgehead atoms. The molecule has 6 heteroatoms. The first-order valence-corrected chi connectivity index (χ1v) is 10.5. The van der Waals surface area contributed by atoms with Crippen LogP contribution in [0.3, 0.4) is 0 Å². The number of imidazole rings is 1. The fourth-order valence-corrected chi connectivity index (χ4v) is 5.72. The highest BCUT2D eigenvalue weighted by Crippen LogP contribution is 2.29. The van der Waals surface area contributed by atoms with E-state index in [2.05, 4.69) is 9.55 Å². The normalized spacial score (nSPS) is 21.0. The zero-order valence-corrected chi connectivity index (χ0v) is 15.7. The van der Waals surface area contributed by atoms with E-state index in [0.717, 1.165) is 43.7 Å². The van der Waals surface area contributed by atoms with Crippen molar-refractivity contribution in [3.05, 3.63) is 47.0 Å². The third kappa shape index (κ3) is 3.02. The smallest absolute Gasteiger partial charge is 0.243 e. The second-order valence-electron chi connectivity index (χ2n) is 7.36. The minimum atomic E-state index is -3.38. The second-order valence-corrected chi connectivity index (χ2v) is 9.30. The number of fused-ring (bicyclic) bond motifs is 1. The van der Waals surface area contributed by atoms with E-state index in [9.17, 15) is 8.42 Å². The summed E-state index contributed by atoms with van der Waals surface area (Å²) in [7, 11) is -3.38. The van der Waals surface area contributed by atoms with Crippen molar-refractivity contribution in [1.82, 2.24) is 13.9 Å². The molecule has 1 fully saturated rings. The average molecular weight is 359 g/mol. The van der Waals surface area contributed by atoms with Crippen molar-refractivity contribution >= 4 is 10.0 Å². The lowest BCUT2D eigenvalue weighted by Gasteiger charge is -2.18. The van der Waals surface area contributed by atoms with Gasteiger partial charge < -0.3 is 4.57 Å². The summed E-state index contributed by atoms with van der Waals surface area (Å²) >= 11 is 0. The second kappa shape index (κ2) is 6.25. The van der Waals surface area contributed by atoms with Gasteiger partial charge in [0.05, 0.1) is 4.90 Å². The van der Waals surface area contributed by atoms with Crippen molar-refractivity contribution in [2.75, 3.05) is 13.1 Å². The van der Waals surface area contributed by atoms with Gasteiger partial charge in [0.25, 0.3) is 0 Å². The number of hydrogen-bond donors (Lipinski definition) is 0. The van der Waals surface area contributed by atoms with Crippen LogP contribution in [0.5, 0.6) is 0 Å². The number of rotatable bonds is 4. The summed E-state index contributed by atoms with van der Waals surface area (Å²) in [5.41, 5.74) is 3.66. The molecular weight excluding hydrogens is 334 g/mol. The van der Waals surface area contributed by atoms with Gasteiger partial charge in [0.15, 0.2) is 0 Å². The molecule has 2 heterocycles. The molecule has 1 aromatic carbocycles. The predicted octanol–water partition coefficient (Wildman–Crippen LogP) is 2.70. The maximum Gasteiger partial charge on any atom is 0.243 e. The van der Waals surface area contributed by atoms with Crippen molar-refractivity contribution in [3.63, 3.8) is 0 Å². The third-order valence-electron chi connectivity index (χ3n) is 5.65. The van der Waals surface area contributed by atoms with E-state index in [1.807, 2.05) is 32.2 Å². The van der Waals surface area contributed by atoms with Crippen LogP contribution < -0.4 is 0 Å². The van der Waals surface area contributed by atoms with Gasteiger partial charge in [-0.2, -0.15) is 4.31 Å². The van der Waals surface area contributed by atoms with Gasteiger partial charge >= 0.3 is 0 Å². The standard InChI is InChI=1S/C19H25N3O2S/c1-14-11-20-15(2)22(14)13-16-8-9-21(12-16)25(23,24)19-7-6-17-4-3-5-18(17)10-19/h6-7,10-11,16H,3-5,8-9,12-13H2,1-2H3. The molecule has 1 atom stereocenters. The Morgan fingerprint density at radius 2 is 2.00 bits per heavy atom. The molecule has 0 amide bonds. The molecule has 1 saturated heterocycles. The fraction of sp³-hybridized carbons (Fsp3) is 0.526. The lowest BCUT2D eigenvalue weighted by Crippen LogP contribution is -2.29. The molecule has 1 aliphatic heterocycles. The average Bonchev–Trinajstić information content (AvgIpc) is 3.31. The first-order chi connectivity index (χ1) is 11.9. The van der Waals surface area contributed by atoms with Gasteiger partial charge in [-0.25, -0.2) is 13.4 Å². The predicted molar refractivity (Wildman–Crippen MR) is 97.0 cm³/mol. The highest BCUT2D eigenvalue weighted by Gasteiger charge is 2.33. The number of nitrogens with zero attached hydrogens (tertiary/aromatic N) is 3. The number of aryl methyl sites for hydroxylation is 4. The minimum absolute atomic E-state index is 0.343. The van der Waals surface area contributed by atoms with E-state index in [4.69, 9.17) is 0 Å². The topological polar surface area (TPSA) is 55.2 Å². The molecular formula is C19H25N3O2S. The molecule has 134 valence electrons. The quantitative estimate of drug-likeness (QED) is 0.843. The van der Waals surface area contributed by atoms with Crippen LogP contribution in [-0.2, 0) is 29.4 Å². The van der Waals surface area contributed by atoms with Crippen LogP contribution in [0.15, 0.2) is 29.3 Å². The maximum atomic E-state index is 13.0. The van der Waals surface area contributed by atoms with E-state index in [1.165, 1.54) is 11.1 Å². The molecule has 1 aliphatic carbocycles. The fourth-order valence-electron chi connectivity index (χ4n) is 4.14. The Hall–Kier alpha value is -1.66. The molecule has 4 rings (SSSR count). The number of aromatic nitrogens is 2. The van der Waals surface area contributed by atoms with E-state index in [1.54, 1.807) is 10.4 Å². The lowest BCUT2D eigenvalue weighted by molar-refractivity contribution is 0.423. The van der Waals surface area contributed by atoms with Gasteiger partial charge in [0.1, 0.15) is 5.82 Å². The van der Waals surface area contributed by atoms with E-state index < -0.39 is 10.0 Å². The Balaban J connectivity index is 1.51. The molecule has 2 aromatic rings. The molecule has 0 radical (unpaired) electrons. The molecule has 2 aliphatic rings. The van der Waals surface area contributed by atoms with E-state index in [-0.39, 0.29) is 0 Å². The van der Waals surface area contributed by atoms with E-state index in [0.29, 0.717) is 23.9 Å². The number of benzene rings is 1. The first kappa shape index (κ1) is 16.8. The Bertz CT molecular complexity index is 882. The molecule has 0 spiro atoms. The SMILES string of the molecule is Cc1cnc(C)n1CC1CCN(S(=O)(=O)c2ccc3c(c2)CCC3)C1. The molecule has 0 saturated carbocycles. The maximum absolute atomic E-state index is 13.0. The van der Waals surface area contributed by atoms with Gasteiger partial charge in [-0.3, -0.25) is 0 Å². The summed E-state index contributed by atoms with van der Waals surface area (Å²) in [4.78, 5) is 4.80. The summed E-state index contributed by atoms with van der Waals surface area (Å²) in [6, 6.07) is 5.69. The molecule has 1 unspecified atom stereocenters. The summed E-state index contributed by atoms with van der Waals surface area (Å²) < 4.78 is 29.9. The number of hydrogen-bond acceptors (Lipinski definition) is 3. The monoisotopic (exact) mass is 359 g/mol. The summed E-state index contributed by atoms with van der Waals surface area (Å²) in [5, 5.41) is 0. The third-order valence-corrected chi connectivity index (χ3v) is 7.51. The van der Waals surface area contributed by atoms with Crippen molar-refractivity contribution in [2.45, 2.75) is 51.0 Å². The Morgan fingerprint density at radius 3 is 2.76 bits per heavy atom. The Kier molecular flexibility index (Phi) is 4.20. The van der Waals surface area contributed by atoms with Crippen LogP contribution in [0, 0.1) is 19.8 Å². The summed E-state index contributed by atoms with van der Waals surface area (Å²) in [6.07, 6.45) is 5.99. The Morgan fingerprint density at radius 1 is 1.20 bits per heavy atom. The van der Waals surface area contributed by atoms with Gasteiger partial charge in [0, 0.05) is 31.5 Å².